The van der Waals surface area contributed by atoms with E-state index in [1.54, 1.807) is 36.4 Å². The van der Waals surface area contributed by atoms with E-state index in [1.807, 2.05) is 38.1 Å². The van der Waals surface area contributed by atoms with Gasteiger partial charge in [0.2, 0.25) is 0 Å². The van der Waals surface area contributed by atoms with Crippen molar-refractivity contribution in [1.29, 1.82) is 0 Å². The predicted octanol–water partition coefficient (Wildman–Crippen LogP) is 2.95. The fourth-order valence-electron chi connectivity index (χ4n) is 2.11. The SMILES string of the molecule is CCOc1ccc(C(=O)OCC(=O)Nc2ccc(N(C)C)cc2)cc1. The Morgan fingerprint density at radius 2 is 1.64 bits per heavy atom. The van der Waals surface area contributed by atoms with Crippen LogP contribution in [-0.4, -0.2) is 39.2 Å². The molecule has 0 aliphatic carbocycles. The van der Waals surface area contributed by atoms with E-state index in [-0.39, 0.29) is 6.61 Å². The molecule has 0 saturated carbocycles. The summed E-state index contributed by atoms with van der Waals surface area (Å²) in [5.74, 6) is -0.268. The molecule has 1 amide bonds. The maximum absolute atomic E-state index is 11.9. The van der Waals surface area contributed by atoms with Crippen LogP contribution in [0.25, 0.3) is 0 Å². The Morgan fingerprint density at radius 3 is 2.20 bits per heavy atom. The van der Waals surface area contributed by atoms with Crippen LogP contribution in [-0.2, 0) is 9.53 Å². The number of nitrogens with one attached hydrogen (secondary N) is 1. The number of ether oxygens (including phenoxy) is 2. The quantitative estimate of drug-likeness (QED) is 0.784. The molecular weight excluding hydrogens is 320 g/mol. The van der Waals surface area contributed by atoms with E-state index >= 15 is 0 Å². The van der Waals surface area contributed by atoms with E-state index in [9.17, 15) is 9.59 Å². The molecule has 0 spiro atoms. The van der Waals surface area contributed by atoms with Gasteiger partial charge in [-0.25, -0.2) is 4.79 Å². The highest BCUT2D eigenvalue weighted by Crippen LogP contribution is 2.16. The van der Waals surface area contributed by atoms with Crippen molar-refractivity contribution >= 4 is 23.3 Å². The van der Waals surface area contributed by atoms with Crippen LogP contribution in [0.4, 0.5) is 11.4 Å². The number of benzene rings is 2. The van der Waals surface area contributed by atoms with Crippen LogP contribution in [0.2, 0.25) is 0 Å². The predicted molar refractivity (Wildman–Crippen MR) is 97.3 cm³/mol. The van der Waals surface area contributed by atoms with Crippen LogP contribution >= 0.6 is 0 Å². The van der Waals surface area contributed by atoms with Crippen molar-refractivity contribution < 1.29 is 19.1 Å². The molecule has 6 heteroatoms. The molecule has 0 atom stereocenters. The summed E-state index contributed by atoms with van der Waals surface area (Å²) in [6.07, 6.45) is 0. The normalized spacial score (nSPS) is 10.0. The zero-order valence-electron chi connectivity index (χ0n) is 14.6. The molecule has 0 aliphatic rings. The van der Waals surface area contributed by atoms with Crippen LogP contribution in [0.5, 0.6) is 5.75 Å². The highest BCUT2D eigenvalue weighted by molar-refractivity contribution is 5.95. The van der Waals surface area contributed by atoms with Gasteiger partial charge in [0.25, 0.3) is 5.91 Å². The zero-order valence-corrected chi connectivity index (χ0v) is 14.6. The topological polar surface area (TPSA) is 67.9 Å². The maximum atomic E-state index is 11.9. The third-order valence-corrected chi connectivity index (χ3v) is 3.40. The molecule has 132 valence electrons. The number of rotatable bonds is 7. The minimum atomic E-state index is -0.554. The van der Waals surface area contributed by atoms with E-state index in [0.717, 1.165) is 5.69 Å². The summed E-state index contributed by atoms with van der Waals surface area (Å²) in [5.41, 5.74) is 2.04. The third kappa shape index (κ3) is 5.53. The van der Waals surface area contributed by atoms with Gasteiger partial charge in [-0.2, -0.15) is 0 Å². The van der Waals surface area contributed by atoms with Gasteiger partial charge < -0.3 is 19.7 Å². The summed E-state index contributed by atoms with van der Waals surface area (Å²) < 4.78 is 10.3. The Kier molecular flexibility index (Phi) is 6.39. The van der Waals surface area contributed by atoms with Gasteiger partial charge in [-0.3, -0.25) is 4.79 Å². The first-order valence-electron chi connectivity index (χ1n) is 7.97. The minimum Gasteiger partial charge on any atom is -0.494 e. The second-order valence-corrected chi connectivity index (χ2v) is 5.52. The van der Waals surface area contributed by atoms with Gasteiger partial charge in [-0.05, 0) is 55.5 Å². The van der Waals surface area contributed by atoms with Crippen molar-refractivity contribution in [2.24, 2.45) is 0 Å². The Morgan fingerprint density at radius 1 is 1.00 bits per heavy atom. The number of anilines is 2. The van der Waals surface area contributed by atoms with Crippen LogP contribution in [0.1, 0.15) is 17.3 Å². The molecule has 2 aromatic carbocycles. The second kappa shape index (κ2) is 8.73. The highest BCUT2D eigenvalue weighted by atomic mass is 16.5. The van der Waals surface area contributed by atoms with E-state index in [1.165, 1.54) is 0 Å². The summed E-state index contributed by atoms with van der Waals surface area (Å²) in [5, 5.41) is 2.69. The van der Waals surface area contributed by atoms with Crippen molar-refractivity contribution in [3.8, 4) is 5.75 Å². The Labute approximate surface area is 147 Å². The molecule has 0 bridgehead atoms. The summed E-state index contributed by atoms with van der Waals surface area (Å²) in [4.78, 5) is 25.8. The van der Waals surface area contributed by atoms with E-state index < -0.39 is 11.9 Å². The van der Waals surface area contributed by atoms with Gasteiger partial charge in [-0.1, -0.05) is 0 Å². The lowest BCUT2D eigenvalue weighted by Gasteiger charge is -2.13. The van der Waals surface area contributed by atoms with Crippen LogP contribution in [0.3, 0.4) is 0 Å². The monoisotopic (exact) mass is 342 g/mol. The number of esters is 1. The number of carbonyl (C=O) groups excluding carboxylic acids is 2. The third-order valence-electron chi connectivity index (χ3n) is 3.40. The minimum absolute atomic E-state index is 0.346. The fourth-order valence-corrected chi connectivity index (χ4v) is 2.11. The molecule has 0 heterocycles. The van der Waals surface area contributed by atoms with Gasteiger partial charge in [-0.15, -0.1) is 0 Å². The highest BCUT2D eigenvalue weighted by Gasteiger charge is 2.10. The number of carbonyl (C=O) groups is 2. The standard InChI is InChI=1S/C19H22N2O4/c1-4-24-17-11-5-14(6-12-17)19(23)25-13-18(22)20-15-7-9-16(10-8-15)21(2)3/h5-12H,4,13H2,1-3H3,(H,20,22). The van der Waals surface area contributed by atoms with Gasteiger partial charge >= 0.3 is 5.97 Å². The van der Waals surface area contributed by atoms with Crippen molar-refractivity contribution in [3.05, 3.63) is 54.1 Å². The molecule has 0 aliphatic heterocycles. The van der Waals surface area contributed by atoms with Gasteiger partial charge in [0.1, 0.15) is 5.75 Å². The van der Waals surface area contributed by atoms with Gasteiger partial charge in [0.05, 0.1) is 12.2 Å². The summed E-state index contributed by atoms with van der Waals surface area (Å²) >= 11 is 0. The summed E-state index contributed by atoms with van der Waals surface area (Å²) in [6, 6.07) is 13.9. The Balaban J connectivity index is 1.83. The van der Waals surface area contributed by atoms with Crippen molar-refractivity contribution in [1.82, 2.24) is 0 Å². The first-order chi connectivity index (χ1) is 12.0. The molecule has 0 unspecified atom stereocenters. The average Bonchev–Trinajstić information content (AvgIpc) is 2.61. The van der Waals surface area contributed by atoms with E-state index in [0.29, 0.717) is 23.6 Å². The van der Waals surface area contributed by atoms with Crippen molar-refractivity contribution in [3.63, 3.8) is 0 Å². The Hall–Kier alpha value is -3.02. The number of nitrogens with zero attached hydrogens (tertiary/aromatic N) is 1. The molecule has 0 fully saturated rings. The van der Waals surface area contributed by atoms with Crippen molar-refractivity contribution in [2.75, 3.05) is 37.5 Å². The summed E-state index contributed by atoms with van der Waals surface area (Å²) in [7, 11) is 3.88. The maximum Gasteiger partial charge on any atom is 0.338 e. The molecule has 25 heavy (non-hydrogen) atoms. The summed E-state index contributed by atoms with van der Waals surface area (Å²) in [6.45, 7) is 2.09. The van der Waals surface area contributed by atoms with Crippen molar-refractivity contribution in [2.45, 2.75) is 6.92 Å². The lowest BCUT2D eigenvalue weighted by molar-refractivity contribution is -0.119. The molecule has 1 N–H and O–H groups in total. The molecule has 0 aromatic heterocycles. The fraction of sp³-hybridized carbons (Fsp3) is 0.263. The van der Waals surface area contributed by atoms with Crippen LogP contribution in [0.15, 0.2) is 48.5 Å². The molecule has 6 nitrogen and oxygen atoms in total. The molecule has 2 aromatic rings. The number of hydrogen-bond acceptors (Lipinski definition) is 5. The first-order valence-corrected chi connectivity index (χ1v) is 7.97. The number of hydrogen-bond donors (Lipinski definition) is 1. The smallest absolute Gasteiger partial charge is 0.338 e. The lowest BCUT2D eigenvalue weighted by atomic mass is 10.2. The first kappa shape index (κ1) is 18.3. The van der Waals surface area contributed by atoms with E-state index in [2.05, 4.69) is 5.32 Å². The second-order valence-electron chi connectivity index (χ2n) is 5.52. The van der Waals surface area contributed by atoms with Crippen LogP contribution < -0.4 is 15.0 Å². The average molecular weight is 342 g/mol. The molecular formula is C19H22N2O4. The number of amides is 1. The lowest BCUT2D eigenvalue weighted by Crippen LogP contribution is -2.21. The molecule has 0 saturated heterocycles. The largest absolute Gasteiger partial charge is 0.494 e. The molecule has 2 rings (SSSR count). The van der Waals surface area contributed by atoms with E-state index in [4.69, 9.17) is 9.47 Å². The van der Waals surface area contributed by atoms with Crippen LogP contribution in [0, 0.1) is 0 Å². The Bertz CT molecular complexity index is 709. The zero-order chi connectivity index (χ0) is 18.2. The van der Waals surface area contributed by atoms with Gasteiger partial charge in [0.15, 0.2) is 6.61 Å². The molecule has 0 radical (unpaired) electrons. The van der Waals surface area contributed by atoms with Gasteiger partial charge in [0, 0.05) is 25.5 Å².